The number of carbonyl (C=O) groups is 1. The SMILES string of the molecule is COc1cccc(C(NC(=O)N2CCSCC2)c2nccn2C)c1. The van der Waals surface area contributed by atoms with E-state index in [2.05, 4.69) is 10.3 Å². The molecule has 2 aromatic rings. The van der Waals surface area contributed by atoms with Gasteiger partial charge in [-0.3, -0.25) is 0 Å². The second kappa shape index (κ2) is 7.61. The lowest BCUT2D eigenvalue weighted by atomic mass is 10.1. The Balaban J connectivity index is 1.87. The molecule has 2 heterocycles. The normalized spacial score (nSPS) is 15.8. The van der Waals surface area contributed by atoms with Crippen molar-refractivity contribution in [3.05, 3.63) is 48.0 Å². The van der Waals surface area contributed by atoms with Crippen molar-refractivity contribution in [3.63, 3.8) is 0 Å². The van der Waals surface area contributed by atoms with Crippen LogP contribution < -0.4 is 10.1 Å². The van der Waals surface area contributed by atoms with Gasteiger partial charge < -0.3 is 19.5 Å². The first kappa shape index (κ1) is 16.7. The summed E-state index contributed by atoms with van der Waals surface area (Å²) in [5, 5.41) is 3.14. The van der Waals surface area contributed by atoms with Crippen LogP contribution in [0.15, 0.2) is 36.7 Å². The van der Waals surface area contributed by atoms with Gasteiger partial charge in [0.05, 0.1) is 7.11 Å². The molecule has 1 atom stereocenters. The lowest BCUT2D eigenvalue weighted by molar-refractivity contribution is 0.200. The van der Waals surface area contributed by atoms with Crippen LogP contribution in [0, 0.1) is 0 Å². The minimum absolute atomic E-state index is 0.0499. The molecular formula is C17H22N4O2S. The number of imidazole rings is 1. The number of amides is 2. The predicted molar refractivity (Wildman–Crippen MR) is 95.5 cm³/mol. The summed E-state index contributed by atoms with van der Waals surface area (Å²) in [6.07, 6.45) is 3.62. The minimum atomic E-state index is -0.317. The van der Waals surface area contributed by atoms with E-state index < -0.39 is 0 Å². The van der Waals surface area contributed by atoms with Gasteiger partial charge >= 0.3 is 6.03 Å². The van der Waals surface area contributed by atoms with Crippen LogP contribution >= 0.6 is 11.8 Å². The number of aryl methyl sites for hydroxylation is 1. The van der Waals surface area contributed by atoms with Gasteiger partial charge in [-0.05, 0) is 17.7 Å². The summed E-state index contributed by atoms with van der Waals surface area (Å²) >= 11 is 1.88. The molecule has 1 fully saturated rings. The molecule has 3 rings (SSSR count). The number of nitrogens with one attached hydrogen (secondary N) is 1. The van der Waals surface area contributed by atoms with E-state index in [4.69, 9.17) is 4.74 Å². The Bertz CT molecular complexity index is 697. The van der Waals surface area contributed by atoms with Gasteiger partial charge in [0.2, 0.25) is 0 Å². The average Bonchev–Trinajstić information content (AvgIpc) is 3.06. The van der Waals surface area contributed by atoms with E-state index in [1.54, 1.807) is 13.3 Å². The quantitative estimate of drug-likeness (QED) is 0.923. The molecule has 1 aromatic heterocycles. The molecule has 1 aromatic carbocycles. The number of benzene rings is 1. The summed E-state index contributed by atoms with van der Waals surface area (Å²) < 4.78 is 7.25. The second-order valence-electron chi connectivity index (χ2n) is 5.65. The maximum atomic E-state index is 12.7. The molecular weight excluding hydrogens is 324 g/mol. The Hall–Kier alpha value is -2.15. The molecule has 2 amide bonds. The number of ether oxygens (including phenoxy) is 1. The van der Waals surface area contributed by atoms with E-state index in [1.807, 2.05) is 58.7 Å². The summed E-state index contributed by atoms with van der Waals surface area (Å²) in [6, 6.07) is 7.37. The number of thioether (sulfide) groups is 1. The molecule has 1 aliphatic heterocycles. The number of carbonyl (C=O) groups excluding carboxylic acids is 1. The van der Waals surface area contributed by atoms with Crippen molar-refractivity contribution in [3.8, 4) is 5.75 Å². The molecule has 1 N–H and O–H groups in total. The van der Waals surface area contributed by atoms with Crippen molar-refractivity contribution in [2.45, 2.75) is 6.04 Å². The van der Waals surface area contributed by atoms with Gasteiger partial charge in [0.15, 0.2) is 0 Å². The second-order valence-corrected chi connectivity index (χ2v) is 6.88. The van der Waals surface area contributed by atoms with Crippen molar-refractivity contribution < 1.29 is 9.53 Å². The topological polar surface area (TPSA) is 59.4 Å². The highest BCUT2D eigenvalue weighted by Crippen LogP contribution is 2.24. The first-order valence-electron chi connectivity index (χ1n) is 7.93. The van der Waals surface area contributed by atoms with Gasteiger partial charge in [-0.2, -0.15) is 11.8 Å². The van der Waals surface area contributed by atoms with Crippen molar-refractivity contribution in [2.24, 2.45) is 7.05 Å². The molecule has 0 spiro atoms. The number of urea groups is 1. The Labute approximate surface area is 146 Å². The van der Waals surface area contributed by atoms with Crippen LogP contribution in [-0.2, 0) is 7.05 Å². The van der Waals surface area contributed by atoms with Gasteiger partial charge in [-0.1, -0.05) is 12.1 Å². The fourth-order valence-corrected chi connectivity index (χ4v) is 3.66. The lowest BCUT2D eigenvalue weighted by Crippen LogP contribution is -2.46. The van der Waals surface area contributed by atoms with Crippen LogP contribution in [0.4, 0.5) is 4.79 Å². The third-order valence-corrected chi connectivity index (χ3v) is 5.05. The molecule has 0 bridgehead atoms. The van der Waals surface area contributed by atoms with Crippen LogP contribution in [0.5, 0.6) is 5.75 Å². The first-order valence-corrected chi connectivity index (χ1v) is 9.09. The third kappa shape index (κ3) is 3.67. The largest absolute Gasteiger partial charge is 0.497 e. The zero-order valence-corrected chi connectivity index (χ0v) is 14.8. The number of methoxy groups -OCH3 is 1. The molecule has 24 heavy (non-hydrogen) atoms. The summed E-state index contributed by atoms with van der Waals surface area (Å²) in [5.41, 5.74) is 0.948. The number of nitrogens with zero attached hydrogens (tertiary/aromatic N) is 3. The molecule has 6 nitrogen and oxygen atoms in total. The Morgan fingerprint density at radius 3 is 2.83 bits per heavy atom. The molecule has 1 unspecified atom stereocenters. The van der Waals surface area contributed by atoms with Gasteiger partial charge in [0, 0.05) is 44.0 Å². The molecule has 1 saturated heterocycles. The predicted octanol–water partition coefficient (Wildman–Crippen LogP) is 2.28. The van der Waals surface area contributed by atoms with Gasteiger partial charge in [0.1, 0.15) is 17.6 Å². The summed E-state index contributed by atoms with van der Waals surface area (Å²) in [7, 11) is 3.57. The van der Waals surface area contributed by atoms with Crippen molar-refractivity contribution >= 4 is 17.8 Å². The highest BCUT2D eigenvalue weighted by Gasteiger charge is 2.24. The Morgan fingerprint density at radius 1 is 1.38 bits per heavy atom. The molecule has 7 heteroatoms. The molecule has 1 aliphatic rings. The molecule has 128 valence electrons. The summed E-state index contributed by atoms with van der Waals surface area (Å²) in [4.78, 5) is 19.0. The van der Waals surface area contributed by atoms with E-state index in [-0.39, 0.29) is 12.1 Å². The lowest BCUT2D eigenvalue weighted by Gasteiger charge is -2.29. The zero-order valence-electron chi connectivity index (χ0n) is 13.9. The van der Waals surface area contributed by atoms with Crippen LogP contribution in [-0.4, -0.2) is 52.2 Å². The monoisotopic (exact) mass is 346 g/mol. The fourth-order valence-electron chi connectivity index (χ4n) is 2.75. The highest BCUT2D eigenvalue weighted by molar-refractivity contribution is 7.99. The number of hydrogen-bond acceptors (Lipinski definition) is 4. The highest BCUT2D eigenvalue weighted by atomic mass is 32.2. The number of rotatable bonds is 4. The number of aromatic nitrogens is 2. The third-order valence-electron chi connectivity index (χ3n) is 4.11. The van der Waals surface area contributed by atoms with Crippen molar-refractivity contribution in [1.29, 1.82) is 0 Å². The van der Waals surface area contributed by atoms with E-state index in [1.165, 1.54) is 0 Å². The Kier molecular flexibility index (Phi) is 5.30. The molecule has 0 aliphatic carbocycles. The van der Waals surface area contributed by atoms with Crippen LogP contribution in [0.1, 0.15) is 17.4 Å². The number of hydrogen-bond donors (Lipinski definition) is 1. The smallest absolute Gasteiger partial charge is 0.318 e. The van der Waals surface area contributed by atoms with Crippen molar-refractivity contribution in [2.75, 3.05) is 31.7 Å². The standard InChI is InChI=1S/C17H22N4O2S/c1-20-7-6-18-16(20)15(13-4-3-5-14(12-13)23-2)19-17(22)21-8-10-24-11-9-21/h3-7,12,15H,8-11H2,1-2H3,(H,19,22). The van der Waals surface area contributed by atoms with Gasteiger partial charge in [-0.15, -0.1) is 0 Å². The maximum Gasteiger partial charge on any atom is 0.318 e. The van der Waals surface area contributed by atoms with E-state index >= 15 is 0 Å². The minimum Gasteiger partial charge on any atom is -0.497 e. The Morgan fingerprint density at radius 2 is 2.17 bits per heavy atom. The fraction of sp³-hybridized carbons (Fsp3) is 0.412. The average molecular weight is 346 g/mol. The van der Waals surface area contributed by atoms with E-state index in [9.17, 15) is 4.79 Å². The van der Waals surface area contributed by atoms with E-state index in [0.717, 1.165) is 41.7 Å². The molecule has 0 radical (unpaired) electrons. The van der Waals surface area contributed by atoms with Gasteiger partial charge in [0.25, 0.3) is 0 Å². The van der Waals surface area contributed by atoms with E-state index in [0.29, 0.717) is 0 Å². The van der Waals surface area contributed by atoms with Crippen LogP contribution in [0.3, 0.4) is 0 Å². The van der Waals surface area contributed by atoms with Crippen LogP contribution in [0.25, 0.3) is 0 Å². The summed E-state index contributed by atoms with van der Waals surface area (Å²) in [6.45, 7) is 1.56. The summed E-state index contributed by atoms with van der Waals surface area (Å²) in [5.74, 6) is 3.53. The first-order chi connectivity index (χ1) is 11.7. The molecule has 0 saturated carbocycles. The van der Waals surface area contributed by atoms with Crippen molar-refractivity contribution in [1.82, 2.24) is 19.8 Å². The van der Waals surface area contributed by atoms with Gasteiger partial charge in [-0.25, -0.2) is 9.78 Å². The van der Waals surface area contributed by atoms with Crippen LogP contribution in [0.2, 0.25) is 0 Å². The zero-order chi connectivity index (χ0) is 16.9. The maximum absolute atomic E-state index is 12.7.